The fourth-order valence-corrected chi connectivity index (χ4v) is 0.727. The van der Waals surface area contributed by atoms with Gasteiger partial charge in [-0.2, -0.15) is 0 Å². The van der Waals surface area contributed by atoms with E-state index in [9.17, 15) is 14.4 Å². The highest BCUT2D eigenvalue weighted by Gasteiger charge is 2.07. The Kier molecular flexibility index (Phi) is 2.20. The molecule has 0 aliphatic rings. The average Bonchev–Trinajstić information content (AvgIpc) is 2.03. The predicted octanol–water partition coefficient (Wildman–Crippen LogP) is -1.80. The number of carbonyl (C=O) groups is 1. The largest absolute Gasteiger partial charge is 0.325 e. The first kappa shape index (κ1) is 8.41. The van der Waals surface area contributed by atoms with E-state index >= 15 is 0 Å². The standard InChI is InChI=1S/C6H7N3O3/c7-1-4(10)3-2-8-6(12)9-5(3)11/h2H,1,7H2,(H2,8,9,11,12). The second kappa shape index (κ2) is 3.14. The van der Waals surface area contributed by atoms with Crippen LogP contribution in [0.1, 0.15) is 10.4 Å². The molecule has 0 fully saturated rings. The molecule has 6 nitrogen and oxygen atoms in total. The number of ketones is 1. The van der Waals surface area contributed by atoms with Crippen molar-refractivity contribution in [2.75, 3.05) is 6.54 Å². The molecule has 0 spiro atoms. The summed E-state index contributed by atoms with van der Waals surface area (Å²) in [5.41, 5.74) is 3.53. The number of aromatic nitrogens is 2. The molecule has 0 aliphatic heterocycles. The summed E-state index contributed by atoms with van der Waals surface area (Å²) in [6, 6.07) is 0. The summed E-state index contributed by atoms with van der Waals surface area (Å²) in [4.78, 5) is 36.3. The molecular formula is C6H7N3O3. The summed E-state index contributed by atoms with van der Waals surface area (Å²) in [5.74, 6) is -0.507. The Morgan fingerprint density at radius 2 is 2.17 bits per heavy atom. The Balaban J connectivity index is 3.28. The molecule has 0 atom stereocenters. The van der Waals surface area contributed by atoms with Crippen LogP contribution in [0.25, 0.3) is 0 Å². The van der Waals surface area contributed by atoms with Crippen LogP contribution in [0.15, 0.2) is 15.8 Å². The van der Waals surface area contributed by atoms with Crippen molar-refractivity contribution in [3.05, 3.63) is 32.6 Å². The number of hydrogen-bond acceptors (Lipinski definition) is 4. The van der Waals surface area contributed by atoms with Crippen LogP contribution in [0.2, 0.25) is 0 Å². The molecule has 0 aliphatic carbocycles. The molecule has 12 heavy (non-hydrogen) atoms. The minimum atomic E-state index is -0.714. The molecule has 1 aromatic rings. The van der Waals surface area contributed by atoms with Crippen LogP contribution in [-0.2, 0) is 0 Å². The van der Waals surface area contributed by atoms with Gasteiger partial charge in [0, 0.05) is 6.20 Å². The monoisotopic (exact) mass is 169 g/mol. The lowest BCUT2D eigenvalue weighted by Crippen LogP contribution is -2.29. The Bertz CT molecular complexity index is 403. The Labute approximate surface area is 66.4 Å². The van der Waals surface area contributed by atoms with Gasteiger partial charge in [0.2, 0.25) is 0 Å². The lowest BCUT2D eigenvalue weighted by atomic mass is 10.2. The van der Waals surface area contributed by atoms with Gasteiger partial charge in [-0.05, 0) is 0 Å². The minimum Gasteiger partial charge on any atom is -0.324 e. The molecule has 0 amide bonds. The van der Waals surface area contributed by atoms with E-state index in [1.807, 2.05) is 4.98 Å². The number of carbonyl (C=O) groups excluding carboxylic acids is 1. The Morgan fingerprint density at radius 3 is 2.67 bits per heavy atom. The second-order valence-corrected chi connectivity index (χ2v) is 2.11. The predicted molar refractivity (Wildman–Crippen MR) is 41.1 cm³/mol. The van der Waals surface area contributed by atoms with Crippen molar-refractivity contribution in [2.45, 2.75) is 0 Å². The van der Waals surface area contributed by atoms with E-state index < -0.39 is 17.0 Å². The van der Waals surface area contributed by atoms with Gasteiger partial charge < -0.3 is 10.7 Å². The maximum Gasteiger partial charge on any atom is 0.325 e. The van der Waals surface area contributed by atoms with Crippen molar-refractivity contribution < 1.29 is 4.79 Å². The number of aromatic amines is 2. The van der Waals surface area contributed by atoms with E-state index in [0.717, 1.165) is 6.20 Å². The van der Waals surface area contributed by atoms with Crippen molar-refractivity contribution in [3.8, 4) is 0 Å². The van der Waals surface area contributed by atoms with Crippen LogP contribution in [0.3, 0.4) is 0 Å². The van der Waals surface area contributed by atoms with Crippen molar-refractivity contribution in [1.29, 1.82) is 0 Å². The highest BCUT2D eigenvalue weighted by molar-refractivity contribution is 5.96. The number of H-pyrrole nitrogens is 2. The molecule has 0 unspecified atom stereocenters. The number of Topliss-reactive ketones (excluding diaryl/α,β-unsaturated/α-hetero) is 1. The topological polar surface area (TPSA) is 109 Å². The third-order valence-electron chi connectivity index (χ3n) is 1.31. The van der Waals surface area contributed by atoms with Crippen LogP contribution < -0.4 is 17.0 Å². The number of rotatable bonds is 2. The third-order valence-corrected chi connectivity index (χ3v) is 1.31. The van der Waals surface area contributed by atoms with Gasteiger partial charge in [0.15, 0.2) is 5.78 Å². The van der Waals surface area contributed by atoms with Gasteiger partial charge in [-0.25, -0.2) is 4.79 Å². The first-order chi connectivity index (χ1) is 5.65. The zero-order valence-corrected chi connectivity index (χ0v) is 6.09. The molecule has 1 heterocycles. The van der Waals surface area contributed by atoms with E-state index in [2.05, 4.69) is 4.98 Å². The van der Waals surface area contributed by atoms with Gasteiger partial charge in [-0.3, -0.25) is 14.6 Å². The zero-order valence-electron chi connectivity index (χ0n) is 6.09. The number of hydrogen-bond donors (Lipinski definition) is 3. The lowest BCUT2D eigenvalue weighted by Gasteiger charge is -1.93. The lowest BCUT2D eigenvalue weighted by molar-refractivity contribution is 0.0999. The molecular weight excluding hydrogens is 162 g/mol. The molecule has 0 saturated heterocycles. The summed E-state index contributed by atoms with van der Waals surface area (Å²) in [5, 5.41) is 0. The molecule has 64 valence electrons. The van der Waals surface area contributed by atoms with Crippen LogP contribution in [-0.4, -0.2) is 22.3 Å². The van der Waals surface area contributed by atoms with Crippen LogP contribution in [0.4, 0.5) is 0 Å². The van der Waals surface area contributed by atoms with E-state index in [1.54, 1.807) is 0 Å². The van der Waals surface area contributed by atoms with E-state index in [-0.39, 0.29) is 12.1 Å². The quantitative estimate of drug-likeness (QED) is 0.454. The summed E-state index contributed by atoms with van der Waals surface area (Å²) < 4.78 is 0. The van der Waals surface area contributed by atoms with Crippen molar-refractivity contribution >= 4 is 5.78 Å². The molecule has 1 rings (SSSR count). The summed E-state index contributed by atoms with van der Waals surface area (Å²) >= 11 is 0. The average molecular weight is 169 g/mol. The van der Waals surface area contributed by atoms with Gasteiger partial charge in [0.05, 0.1) is 6.54 Å². The Hall–Kier alpha value is -1.69. The van der Waals surface area contributed by atoms with Gasteiger partial charge in [0.25, 0.3) is 5.56 Å². The van der Waals surface area contributed by atoms with Crippen LogP contribution >= 0.6 is 0 Å². The minimum absolute atomic E-state index is 0.128. The normalized spacial score (nSPS) is 9.75. The molecule has 1 aromatic heterocycles. The molecule has 0 radical (unpaired) electrons. The summed E-state index contributed by atoms with van der Waals surface area (Å²) in [7, 11) is 0. The first-order valence-corrected chi connectivity index (χ1v) is 3.20. The third kappa shape index (κ3) is 1.48. The zero-order chi connectivity index (χ0) is 9.14. The number of nitrogens with two attached hydrogens (primary N) is 1. The van der Waals surface area contributed by atoms with E-state index in [4.69, 9.17) is 5.73 Å². The molecule has 0 bridgehead atoms. The van der Waals surface area contributed by atoms with Gasteiger partial charge in [-0.1, -0.05) is 0 Å². The van der Waals surface area contributed by atoms with Crippen molar-refractivity contribution in [2.24, 2.45) is 5.73 Å². The SMILES string of the molecule is NCC(=O)c1c[nH]c(=O)[nH]c1=O. The van der Waals surface area contributed by atoms with Crippen LogP contribution in [0.5, 0.6) is 0 Å². The fraction of sp³-hybridized carbons (Fsp3) is 0.167. The maximum absolute atomic E-state index is 10.9. The second-order valence-electron chi connectivity index (χ2n) is 2.11. The maximum atomic E-state index is 10.9. The highest BCUT2D eigenvalue weighted by atomic mass is 16.2. The molecule has 4 N–H and O–H groups in total. The smallest absolute Gasteiger partial charge is 0.324 e. The van der Waals surface area contributed by atoms with Crippen molar-refractivity contribution in [1.82, 2.24) is 9.97 Å². The first-order valence-electron chi connectivity index (χ1n) is 3.20. The van der Waals surface area contributed by atoms with E-state index in [1.165, 1.54) is 0 Å². The molecule has 0 saturated carbocycles. The number of nitrogens with one attached hydrogen (secondary N) is 2. The Morgan fingerprint density at radius 1 is 1.50 bits per heavy atom. The van der Waals surface area contributed by atoms with Gasteiger partial charge in [-0.15, -0.1) is 0 Å². The van der Waals surface area contributed by atoms with Gasteiger partial charge >= 0.3 is 5.69 Å². The molecule has 6 heteroatoms. The van der Waals surface area contributed by atoms with Crippen LogP contribution in [0, 0.1) is 0 Å². The summed E-state index contributed by atoms with van der Waals surface area (Å²) in [6.45, 7) is -0.255. The summed E-state index contributed by atoms with van der Waals surface area (Å²) in [6.07, 6.45) is 1.05. The van der Waals surface area contributed by atoms with E-state index in [0.29, 0.717) is 0 Å². The van der Waals surface area contributed by atoms with Crippen molar-refractivity contribution in [3.63, 3.8) is 0 Å². The van der Waals surface area contributed by atoms with Gasteiger partial charge in [0.1, 0.15) is 5.56 Å². The molecule has 0 aromatic carbocycles. The fourth-order valence-electron chi connectivity index (χ4n) is 0.727. The highest BCUT2D eigenvalue weighted by Crippen LogP contribution is 1.84.